The molecule has 0 aliphatic carbocycles. The van der Waals surface area contributed by atoms with Crippen LogP contribution in [0, 0.1) is 0 Å². The Morgan fingerprint density at radius 2 is 1.62 bits per heavy atom. The number of anilines is 1. The zero-order chi connectivity index (χ0) is 24.7. The normalized spacial score (nSPS) is 15.7. The summed E-state index contributed by atoms with van der Waals surface area (Å²) in [7, 11) is 0. The fraction of sp³-hybridized carbons (Fsp3) is 0.208. The maximum Gasteiger partial charge on any atom is 0.433 e. The number of nitrogens with zero attached hydrogens (tertiary/aromatic N) is 3. The maximum absolute atomic E-state index is 13.3. The van der Waals surface area contributed by atoms with Gasteiger partial charge in [-0.3, -0.25) is 4.79 Å². The van der Waals surface area contributed by atoms with Gasteiger partial charge < -0.3 is 9.64 Å². The zero-order valence-corrected chi connectivity index (χ0v) is 18.9. The van der Waals surface area contributed by atoms with Crippen molar-refractivity contribution in [1.29, 1.82) is 0 Å². The molecule has 3 aromatic rings. The zero-order valence-electron chi connectivity index (χ0n) is 18.1. The molecule has 1 fully saturated rings. The van der Waals surface area contributed by atoms with Crippen molar-refractivity contribution in [3.8, 4) is 11.5 Å². The van der Waals surface area contributed by atoms with Gasteiger partial charge in [0.1, 0.15) is 22.7 Å². The second-order valence-corrected chi connectivity index (χ2v) is 8.45. The lowest BCUT2D eigenvalue weighted by molar-refractivity contribution is -0.141. The van der Waals surface area contributed by atoms with Crippen LogP contribution in [0.15, 0.2) is 66.7 Å². The monoisotopic (exact) mass is 489 g/mol. The van der Waals surface area contributed by atoms with Crippen molar-refractivity contribution in [1.82, 2.24) is 9.88 Å². The van der Waals surface area contributed by atoms with Gasteiger partial charge in [0.2, 0.25) is 0 Å². The molecule has 3 amide bonds. The van der Waals surface area contributed by atoms with Gasteiger partial charge in [-0.15, -0.1) is 0 Å². The number of alkyl halides is 3. The summed E-state index contributed by atoms with van der Waals surface area (Å²) in [4.78, 5) is 31.9. The number of hydrogen-bond acceptors (Lipinski definition) is 4. The Morgan fingerprint density at radius 3 is 2.26 bits per heavy atom. The average molecular weight is 490 g/mol. The number of pyridine rings is 1. The summed E-state index contributed by atoms with van der Waals surface area (Å²) in [5, 5.41) is -0.595. The van der Waals surface area contributed by atoms with E-state index in [1.807, 2.05) is 18.2 Å². The predicted octanol–water partition coefficient (Wildman–Crippen LogP) is 6.29. The maximum atomic E-state index is 13.3. The largest absolute Gasteiger partial charge is 0.457 e. The number of aromatic nitrogens is 1. The fourth-order valence-electron chi connectivity index (χ4n) is 3.58. The summed E-state index contributed by atoms with van der Waals surface area (Å²) in [6, 6.07) is 17.1. The molecule has 6 nitrogen and oxygen atoms in total. The third-order valence-electron chi connectivity index (χ3n) is 5.46. The lowest BCUT2D eigenvalue weighted by Gasteiger charge is -2.28. The van der Waals surface area contributed by atoms with E-state index in [-0.39, 0.29) is 12.2 Å². The van der Waals surface area contributed by atoms with E-state index in [2.05, 4.69) is 4.98 Å². The van der Waals surface area contributed by atoms with E-state index < -0.39 is 34.5 Å². The Labute approximate surface area is 198 Å². The number of ether oxygens (including phenoxy) is 1. The highest BCUT2D eigenvalue weighted by Crippen LogP contribution is 2.39. The number of amides is 3. The van der Waals surface area contributed by atoms with Crippen LogP contribution in [0.1, 0.15) is 25.1 Å². The van der Waals surface area contributed by atoms with Crippen molar-refractivity contribution in [3.63, 3.8) is 0 Å². The molecular weight excluding hydrogens is 471 g/mol. The molecule has 0 radical (unpaired) electrons. The predicted molar refractivity (Wildman–Crippen MR) is 120 cm³/mol. The minimum Gasteiger partial charge on any atom is -0.457 e. The lowest BCUT2D eigenvalue weighted by atomic mass is 10.0. The summed E-state index contributed by atoms with van der Waals surface area (Å²) < 4.78 is 44.8. The first kappa shape index (κ1) is 23.6. The van der Waals surface area contributed by atoms with Crippen LogP contribution in [0.3, 0.4) is 0 Å². The highest BCUT2D eigenvalue weighted by Gasteiger charge is 2.52. The summed E-state index contributed by atoms with van der Waals surface area (Å²) in [5.74, 6) is 0.460. The molecule has 0 N–H and O–H groups in total. The van der Waals surface area contributed by atoms with Gasteiger partial charge in [0.25, 0.3) is 5.91 Å². The van der Waals surface area contributed by atoms with Crippen LogP contribution < -0.4 is 9.64 Å². The molecule has 1 saturated heterocycles. The van der Waals surface area contributed by atoms with Gasteiger partial charge in [-0.05, 0) is 44.2 Å². The van der Waals surface area contributed by atoms with Gasteiger partial charge >= 0.3 is 12.2 Å². The molecule has 0 saturated carbocycles. The van der Waals surface area contributed by atoms with Gasteiger partial charge in [-0.1, -0.05) is 48.0 Å². The number of urea groups is 1. The summed E-state index contributed by atoms with van der Waals surface area (Å²) in [5.41, 5.74) is -2.10. The van der Waals surface area contributed by atoms with Crippen molar-refractivity contribution < 1.29 is 27.5 Å². The number of halogens is 4. The minimum atomic E-state index is -4.71. The number of rotatable bonds is 5. The van der Waals surface area contributed by atoms with Crippen LogP contribution in [0.5, 0.6) is 11.5 Å². The molecule has 0 unspecified atom stereocenters. The molecule has 1 aliphatic rings. The first-order chi connectivity index (χ1) is 16.0. The SMILES string of the molecule is CC1(C)C(=O)N(c2ccc(C(F)(F)F)nc2Cl)C(=O)N1Cc1ccccc1Oc1ccccc1. The van der Waals surface area contributed by atoms with Crippen LogP contribution in [0.4, 0.5) is 23.7 Å². The van der Waals surface area contributed by atoms with Crippen LogP contribution in [-0.4, -0.2) is 27.4 Å². The van der Waals surface area contributed by atoms with E-state index in [9.17, 15) is 22.8 Å². The van der Waals surface area contributed by atoms with Crippen LogP contribution in [-0.2, 0) is 17.5 Å². The molecule has 1 aromatic heterocycles. The molecular formula is C24H19ClF3N3O3. The van der Waals surface area contributed by atoms with Crippen molar-refractivity contribution in [2.24, 2.45) is 0 Å². The van der Waals surface area contributed by atoms with Gasteiger partial charge in [0.05, 0.1) is 12.2 Å². The van der Waals surface area contributed by atoms with E-state index in [4.69, 9.17) is 16.3 Å². The first-order valence-corrected chi connectivity index (χ1v) is 10.6. The molecule has 0 bridgehead atoms. The Hall–Kier alpha value is -3.59. The molecule has 10 heteroatoms. The first-order valence-electron chi connectivity index (χ1n) is 10.2. The van der Waals surface area contributed by atoms with Crippen LogP contribution >= 0.6 is 11.6 Å². The van der Waals surface area contributed by atoms with E-state index >= 15 is 0 Å². The van der Waals surface area contributed by atoms with Crippen molar-refractivity contribution in [3.05, 3.63) is 83.1 Å². The average Bonchev–Trinajstić information content (AvgIpc) is 2.94. The van der Waals surface area contributed by atoms with E-state index in [1.54, 1.807) is 50.2 Å². The Morgan fingerprint density at radius 1 is 0.971 bits per heavy atom. The Bertz CT molecular complexity index is 1250. The van der Waals surface area contributed by atoms with Gasteiger partial charge in [-0.2, -0.15) is 13.2 Å². The third-order valence-corrected chi connectivity index (χ3v) is 5.73. The number of imide groups is 1. The number of para-hydroxylation sites is 2. The van der Waals surface area contributed by atoms with Gasteiger partial charge in [0.15, 0.2) is 5.15 Å². The molecule has 0 spiro atoms. The number of carbonyl (C=O) groups is 2. The molecule has 176 valence electrons. The third kappa shape index (κ3) is 4.31. The Balaban J connectivity index is 1.65. The molecule has 4 rings (SSSR count). The number of benzene rings is 2. The topological polar surface area (TPSA) is 62.7 Å². The van der Waals surface area contributed by atoms with Crippen molar-refractivity contribution >= 4 is 29.2 Å². The Kier molecular flexibility index (Phi) is 5.99. The molecule has 2 aromatic carbocycles. The van der Waals surface area contributed by atoms with Crippen molar-refractivity contribution in [2.45, 2.75) is 32.1 Å². The highest BCUT2D eigenvalue weighted by molar-refractivity contribution is 6.35. The van der Waals surface area contributed by atoms with E-state index in [0.717, 1.165) is 11.0 Å². The molecule has 34 heavy (non-hydrogen) atoms. The summed E-state index contributed by atoms with van der Waals surface area (Å²) >= 11 is 5.97. The molecule has 2 heterocycles. The molecule has 0 atom stereocenters. The van der Waals surface area contributed by atoms with Crippen LogP contribution in [0.25, 0.3) is 0 Å². The summed E-state index contributed by atoms with van der Waals surface area (Å²) in [6.45, 7) is 3.13. The lowest BCUT2D eigenvalue weighted by Crippen LogP contribution is -2.43. The van der Waals surface area contributed by atoms with Crippen molar-refractivity contribution in [2.75, 3.05) is 4.90 Å². The molecule has 1 aliphatic heterocycles. The van der Waals surface area contributed by atoms with Gasteiger partial charge in [-0.25, -0.2) is 14.7 Å². The van der Waals surface area contributed by atoms with E-state index in [1.165, 1.54) is 4.90 Å². The smallest absolute Gasteiger partial charge is 0.433 e. The van der Waals surface area contributed by atoms with Gasteiger partial charge in [0, 0.05) is 5.56 Å². The number of hydrogen-bond donors (Lipinski definition) is 0. The highest BCUT2D eigenvalue weighted by atomic mass is 35.5. The second kappa shape index (κ2) is 8.64. The second-order valence-electron chi connectivity index (χ2n) is 8.10. The minimum absolute atomic E-state index is 0.0166. The van der Waals surface area contributed by atoms with E-state index in [0.29, 0.717) is 23.1 Å². The summed E-state index contributed by atoms with van der Waals surface area (Å²) in [6.07, 6.45) is -4.71. The fourth-order valence-corrected chi connectivity index (χ4v) is 3.82. The van der Waals surface area contributed by atoms with Crippen LogP contribution in [0.2, 0.25) is 5.15 Å². The quantitative estimate of drug-likeness (QED) is 0.312. The standard InChI is InChI=1S/C24H19ClF3N3O3/c1-23(2)21(32)31(17-12-13-19(24(26,27)28)29-20(17)25)22(33)30(23)14-15-8-6-7-11-18(15)34-16-9-4-3-5-10-16/h3-13H,14H2,1-2H3. The number of carbonyl (C=O) groups excluding carboxylic acids is 2.